The van der Waals surface area contributed by atoms with Crippen LogP contribution in [-0.4, -0.2) is 11.8 Å². The van der Waals surface area contributed by atoms with E-state index in [2.05, 4.69) is 5.32 Å². The fourth-order valence-corrected chi connectivity index (χ4v) is 1.77. The highest BCUT2D eigenvalue weighted by atomic mass is 16.2. The van der Waals surface area contributed by atoms with Gasteiger partial charge >= 0.3 is 0 Å². The van der Waals surface area contributed by atoms with Gasteiger partial charge in [0.05, 0.1) is 0 Å². The summed E-state index contributed by atoms with van der Waals surface area (Å²) in [6, 6.07) is 5.91. The third-order valence-electron chi connectivity index (χ3n) is 2.98. The van der Waals surface area contributed by atoms with E-state index in [1.165, 1.54) is 0 Å². The largest absolute Gasteiger partial charge is 0.369 e. The van der Waals surface area contributed by atoms with Gasteiger partial charge in [-0.05, 0) is 24.5 Å². The Morgan fingerprint density at radius 2 is 2.06 bits per heavy atom. The van der Waals surface area contributed by atoms with Crippen molar-refractivity contribution < 1.29 is 9.59 Å². The molecule has 0 heterocycles. The van der Waals surface area contributed by atoms with Gasteiger partial charge in [0.1, 0.15) is 0 Å². The number of hydrogen-bond acceptors (Lipinski definition) is 2. The molecule has 0 aromatic heterocycles. The lowest BCUT2D eigenvalue weighted by Crippen LogP contribution is -2.26. The Bertz CT molecular complexity index is 455. The number of carbonyl (C=O) groups is 2. The Labute approximate surface area is 108 Å². The number of anilines is 1. The summed E-state index contributed by atoms with van der Waals surface area (Å²) in [4.78, 5) is 22.7. The molecule has 0 radical (unpaired) electrons. The number of hydrogen-bond donors (Lipinski definition) is 2. The minimum absolute atomic E-state index is 0.118. The quantitative estimate of drug-likeness (QED) is 0.836. The molecule has 0 saturated carbocycles. The predicted octanol–water partition coefficient (Wildman–Crippen LogP) is 2.01. The Kier molecular flexibility index (Phi) is 4.89. The number of aryl methyl sites for hydroxylation is 2. The average molecular weight is 248 g/mol. The van der Waals surface area contributed by atoms with Gasteiger partial charge in [-0.1, -0.05) is 32.0 Å². The number of benzene rings is 1. The summed E-state index contributed by atoms with van der Waals surface area (Å²) in [6.45, 7) is 5.64. The summed E-state index contributed by atoms with van der Waals surface area (Å²) in [6.07, 6.45) is 0.968. The van der Waals surface area contributed by atoms with Crippen molar-refractivity contribution in [1.29, 1.82) is 0 Å². The zero-order valence-corrected chi connectivity index (χ0v) is 11.1. The molecule has 0 aliphatic rings. The first-order chi connectivity index (χ1) is 8.45. The maximum atomic E-state index is 11.8. The fourth-order valence-electron chi connectivity index (χ4n) is 1.77. The van der Waals surface area contributed by atoms with Gasteiger partial charge in [-0.15, -0.1) is 0 Å². The van der Waals surface area contributed by atoms with E-state index < -0.39 is 11.8 Å². The van der Waals surface area contributed by atoms with E-state index in [1.807, 2.05) is 32.0 Å². The van der Waals surface area contributed by atoms with Gasteiger partial charge in [0.2, 0.25) is 11.8 Å². The molecule has 1 aromatic rings. The van der Waals surface area contributed by atoms with Gasteiger partial charge < -0.3 is 11.1 Å². The second kappa shape index (κ2) is 6.19. The van der Waals surface area contributed by atoms with Crippen LogP contribution in [0.25, 0.3) is 0 Å². The SMILES string of the molecule is CCc1cccc(C)c1NC(=O)CC(C)C(N)=O. The van der Waals surface area contributed by atoms with Gasteiger partial charge in [-0.25, -0.2) is 0 Å². The Morgan fingerprint density at radius 1 is 1.39 bits per heavy atom. The lowest BCUT2D eigenvalue weighted by Gasteiger charge is -2.14. The van der Waals surface area contributed by atoms with Crippen LogP contribution in [0.1, 0.15) is 31.4 Å². The predicted molar refractivity (Wildman–Crippen MR) is 72.2 cm³/mol. The molecule has 1 unspecified atom stereocenters. The monoisotopic (exact) mass is 248 g/mol. The first-order valence-electron chi connectivity index (χ1n) is 6.13. The van der Waals surface area contributed by atoms with Crippen molar-refractivity contribution in [3.63, 3.8) is 0 Å². The first kappa shape index (κ1) is 14.2. The molecule has 3 N–H and O–H groups in total. The van der Waals surface area contributed by atoms with Gasteiger partial charge in [0, 0.05) is 18.0 Å². The second-order valence-corrected chi connectivity index (χ2v) is 4.52. The van der Waals surface area contributed by atoms with Crippen molar-refractivity contribution in [3.8, 4) is 0 Å². The lowest BCUT2D eigenvalue weighted by molar-refractivity contribution is -0.125. The van der Waals surface area contributed by atoms with Crippen LogP contribution >= 0.6 is 0 Å². The molecule has 1 rings (SSSR count). The van der Waals surface area contributed by atoms with E-state index in [-0.39, 0.29) is 12.3 Å². The summed E-state index contributed by atoms with van der Waals surface area (Å²) in [5.41, 5.74) is 8.11. The molecular formula is C14H20N2O2. The maximum Gasteiger partial charge on any atom is 0.225 e. The number of rotatable bonds is 5. The van der Waals surface area contributed by atoms with Gasteiger partial charge in [-0.2, -0.15) is 0 Å². The number of amides is 2. The van der Waals surface area contributed by atoms with E-state index in [0.717, 1.165) is 23.2 Å². The summed E-state index contributed by atoms with van der Waals surface area (Å²) >= 11 is 0. The molecule has 0 saturated heterocycles. The van der Waals surface area contributed by atoms with Crippen LogP contribution in [0.2, 0.25) is 0 Å². The Hall–Kier alpha value is -1.84. The first-order valence-corrected chi connectivity index (χ1v) is 6.13. The second-order valence-electron chi connectivity index (χ2n) is 4.52. The van der Waals surface area contributed by atoms with Gasteiger partial charge in [0.15, 0.2) is 0 Å². The number of nitrogens with two attached hydrogens (primary N) is 1. The van der Waals surface area contributed by atoms with Crippen molar-refractivity contribution in [2.45, 2.75) is 33.6 Å². The molecule has 0 fully saturated rings. The standard InChI is InChI=1S/C14H20N2O2/c1-4-11-7-5-6-9(2)13(11)16-12(17)8-10(3)14(15)18/h5-7,10H,4,8H2,1-3H3,(H2,15,18)(H,16,17). The van der Waals surface area contributed by atoms with Crippen LogP contribution in [0.15, 0.2) is 18.2 Å². The van der Waals surface area contributed by atoms with E-state index in [0.29, 0.717) is 0 Å². The normalized spacial score (nSPS) is 11.9. The summed E-state index contributed by atoms with van der Waals surface area (Å²) in [7, 11) is 0. The third-order valence-corrected chi connectivity index (χ3v) is 2.98. The highest BCUT2D eigenvalue weighted by Crippen LogP contribution is 2.21. The van der Waals surface area contributed by atoms with E-state index in [4.69, 9.17) is 5.73 Å². The van der Waals surface area contributed by atoms with Crippen LogP contribution in [-0.2, 0) is 16.0 Å². The summed E-state index contributed by atoms with van der Waals surface area (Å²) in [5, 5.41) is 2.87. The van der Waals surface area contributed by atoms with Crippen LogP contribution < -0.4 is 11.1 Å². The molecule has 2 amide bonds. The molecule has 1 aromatic carbocycles. The molecule has 98 valence electrons. The van der Waals surface area contributed by atoms with Crippen LogP contribution in [0.5, 0.6) is 0 Å². The fraction of sp³-hybridized carbons (Fsp3) is 0.429. The van der Waals surface area contributed by atoms with Crippen LogP contribution in [0, 0.1) is 12.8 Å². The van der Waals surface area contributed by atoms with Crippen molar-refractivity contribution in [2.75, 3.05) is 5.32 Å². The molecular weight excluding hydrogens is 228 g/mol. The van der Waals surface area contributed by atoms with Crippen LogP contribution in [0.4, 0.5) is 5.69 Å². The molecule has 0 bridgehead atoms. The number of para-hydroxylation sites is 1. The maximum absolute atomic E-state index is 11.8. The van der Waals surface area contributed by atoms with E-state index >= 15 is 0 Å². The minimum atomic E-state index is -0.453. The molecule has 4 heteroatoms. The zero-order chi connectivity index (χ0) is 13.7. The third kappa shape index (κ3) is 3.58. The smallest absolute Gasteiger partial charge is 0.225 e. The number of carbonyl (C=O) groups excluding carboxylic acids is 2. The lowest BCUT2D eigenvalue weighted by atomic mass is 10.0. The molecule has 0 aliphatic heterocycles. The number of nitrogens with one attached hydrogen (secondary N) is 1. The van der Waals surface area contributed by atoms with E-state index in [9.17, 15) is 9.59 Å². The highest BCUT2D eigenvalue weighted by Gasteiger charge is 2.15. The molecule has 0 spiro atoms. The van der Waals surface area contributed by atoms with Crippen LogP contribution in [0.3, 0.4) is 0 Å². The Balaban J connectivity index is 2.79. The molecule has 4 nitrogen and oxygen atoms in total. The van der Waals surface area contributed by atoms with E-state index in [1.54, 1.807) is 6.92 Å². The zero-order valence-electron chi connectivity index (χ0n) is 11.1. The molecule has 0 aliphatic carbocycles. The van der Waals surface area contributed by atoms with Crippen molar-refractivity contribution in [1.82, 2.24) is 0 Å². The average Bonchev–Trinajstić information content (AvgIpc) is 2.31. The summed E-state index contributed by atoms with van der Waals surface area (Å²) in [5.74, 6) is -1.07. The van der Waals surface area contributed by atoms with Crippen molar-refractivity contribution in [3.05, 3.63) is 29.3 Å². The number of primary amides is 1. The summed E-state index contributed by atoms with van der Waals surface area (Å²) < 4.78 is 0. The molecule has 1 atom stereocenters. The molecule has 18 heavy (non-hydrogen) atoms. The topological polar surface area (TPSA) is 72.2 Å². The van der Waals surface area contributed by atoms with Crippen molar-refractivity contribution >= 4 is 17.5 Å². The minimum Gasteiger partial charge on any atom is -0.369 e. The Morgan fingerprint density at radius 3 is 2.61 bits per heavy atom. The van der Waals surface area contributed by atoms with Gasteiger partial charge in [-0.3, -0.25) is 9.59 Å². The van der Waals surface area contributed by atoms with Gasteiger partial charge in [0.25, 0.3) is 0 Å². The van der Waals surface area contributed by atoms with Crippen molar-refractivity contribution in [2.24, 2.45) is 11.7 Å². The highest BCUT2D eigenvalue weighted by molar-refractivity contribution is 5.95.